The van der Waals surface area contributed by atoms with Crippen molar-refractivity contribution in [1.82, 2.24) is 4.57 Å². The molecule has 0 spiro atoms. The molecule has 1 saturated carbocycles. The molecule has 5 nitrogen and oxygen atoms in total. The Bertz CT molecular complexity index is 1120. The van der Waals surface area contributed by atoms with Gasteiger partial charge in [0.1, 0.15) is 10.6 Å². The fourth-order valence-electron chi connectivity index (χ4n) is 5.30. The van der Waals surface area contributed by atoms with Crippen molar-refractivity contribution in [2.75, 3.05) is 32.2 Å². The number of fused-ring (bicyclic) bond motifs is 5. The summed E-state index contributed by atoms with van der Waals surface area (Å²) >= 11 is 1.60. The maximum absolute atomic E-state index is 12.3. The van der Waals surface area contributed by atoms with Gasteiger partial charge in [0.05, 0.1) is 29.6 Å². The van der Waals surface area contributed by atoms with Crippen LogP contribution in [-0.2, 0) is 11.3 Å². The molecule has 0 radical (unpaired) electrons. The molecule has 31 heavy (non-hydrogen) atoms. The van der Waals surface area contributed by atoms with Crippen molar-refractivity contribution in [2.45, 2.75) is 51.5 Å². The highest BCUT2D eigenvalue weighted by Crippen LogP contribution is 2.49. The molecule has 1 aliphatic carbocycles. The van der Waals surface area contributed by atoms with Crippen LogP contribution in [0.1, 0.15) is 60.2 Å². The molecule has 6 heteroatoms. The van der Waals surface area contributed by atoms with Crippen molar-refractivity contribution in [1.29, 1.82) is 0 Å². The van der Waals surface area contributed by atoms with E-state index >= 15 is 0 Å². The number of thiophene rings is 1. The average Bonchev–Trinajstić information content (AvgIpc) is 3.31. The summed E-state index contributed by atoms with van der Waals surface area (Å²) in [7, 11) is 3.62. The number of carbonyl (C=O) groups excluding carboxylic acids is 1. The largest absolute Gasteiger partial charge is 0.494 e. The van der Waals surface area contributed by atoms with E-state index in [4.69, 9.17) is 9.47 Å². The summed E-state index contributed by atoms with van der Waals surface area (Å²) in [5.41, 5.74) is 6.45. The number of carbonyl (C=O) groups is 1. The van der Waals surface area contributed by atoms with Gasteiger partial charge in [0.25, 0.3) is 0 Å². The Labute approximate surface area is 187 Å². The molecule has 3 aromatic rings. The van der Waals surface area contributed by atoms with Crippen LogP contribution in [0.25, 0.3) is 21.5 Å². The summed E-state index contributed by atoms with van der Waals surface area (Å²) in [6.45, 7) is 4.49. The molecule has 0 unspecified atom stereocenters. The standard InChI is InChI=1S/C25H30N2O3S/c1-4-30-17-10-11-18-19(14-17)26(2)12-13-27-20-15-21(25(28)29-3)31-24(20)22(23(18)27)16-8-6-5-7-9-16/h10-11,14-16H,4-9,12-13H2,1-3H3. The molecule has 164 valence electrons. The molecule has 5 rings (SSSR count). The first kappa shape index (κ1) is 20.4. The number of esters is 1. The van der Waals surface area contributed by atoms with Crippen LogP contribution in [0.2, 0.25) is 0 Å². The maximum atomic E-state index is 12.3. The fraction of sp³-hybridized carbons (Fsp3) is 0.480. The number of likely N-dealkylation sites (N-methyl/N-ethyl adjacent to an activating group) is 1. The molecule has 1 aromatic carbocycles. The van der Waals surface area contributed by atoms with E-state index < -0.39 is 0 Å². The van der Waals surface area contributed by atoms with Gasteiger partial charge in [0.2, 0.25) is 0 Å². The van der Waals surface area contributed by atoms with Crippen molar-refractivity contribution in [2.24, 2.45) is 0 Å². The van der Waals surface area contributed by atoms with Crippen LogP contribution in [-0.4, -0.2) is 37.8 Å². The van der Waals surface area contributed by atoms with E-state index in [0.717, 1.165) is 18.8 Å². The monoisotopic (exact) mass is 438 g/mol. The molecular formula is C25H30N2O3S. The fourth-order valence-corrected chi connectivity index (χ4v) is 6.50. The third-order valence-electron chi connectivity index (χ3n) is 6.78. The second kappa shape index (κ2) is 8.23. The van der Waals surface area contributed by atoms with Crippen LogP contribution in [0.5, 0.6) is 5.75 Å². The van der Waals surface area contributed by atoms with Gasteiger partial charge in [-0.1, -0.05) is 19.3 Å². The quantitative estimate of drug-likeness (QED) is 0.465. The number of nitrogens with zero attached hydrogens (tertiary/aromatic N) is 2. The van der Waals surface area contributed by atoms with E-state index in [1.165, 1.54) is 71.9 Å². The molecule has 2 aromatic heterocycles. The minimum absolute atomic E-state index is 0.238. The summed E-state index contributed by atoms with van der Waals surface area (Å²) < 4.78 is 14.6. The van der Waals surface area contributed by atoms with E-state index in [2.05, 4.69) is 34.7 Å². The molecule has 1 fully saturated rings. The molecule has 0 amide bonds. The number of rotatable bonds is 4. The summed E-state index contributed by atoms with van der Waals surface area (Å²) in [5, 5.41) is 0. The maximum Gasteiger partial charge on any atom is 0.348 e. The zero-order chi connectivity index (χ0) is 21.5. The molecule has 2 aliphatic rings. The Morgan fingerprint density at radius 1 is 1.16 bits per heavy atom. The Hall–Kier alpha value is -2.47. The van der Waals surface area contributed by atoms with Crippen LogP contribution in [0.4, 0.5) is 5.69 Å². The van der Waals surface area contributed by atoms with Crippen molar-refractivity contribution >= 4 is 33.2 Å². The second-order valence-electron chi connectivity index (χ2n) is 8.60. The van der Waals surface area contributed by atoms with E-state index in [1.807, 2.05) is 13.0 Å². The van der Waals surface area contributed by atoms with Gasteiger partial charge >= 0.3 is 5.97 Å². The van der Waals surface area contributed by atoms with Crippen molar-refractivity contribution in [3.05, 3.63) is 34.7 Å². The number of methoxy groups -OCH3 is 1. The van der Waals surface area contributed by atoms with Gasteiger partial charge in [-0.05, 0) is 49.4 Å². The number of hydrogen-bond donors (Lipinski definition) is 0. The van der Waals surface area contributed by atoms with Gasteiger partial charge in [0, 0.05) is 37.5 Å². The Balaban J connectivity index is 1.76. The van der Waals surface area contributed by atoms with E-state index in [1.54, 1.807) is 11.3 Å². The highest BCUT2D eigenvalue weighted by atomic mass is 32.1. The highest BCUT2D eigenvalue weighted by molar-refractivity contribution is 7.21. The Morgan fingerprint density at radius 2 is 1.97 bits per heavy atom. The number of hydrogen-bond acceptors (Lipinski definition) is 5. The second-order valence-corrected chi connectivity index (χ2v) is 9.65. The normalized spacial score (nSPS) is 16.7. The highest BCUT2D eigenvalue weighted by Gasteiger charge is 2.31. The zero-order valence-electron chi connectivity index (χ0n) is 18.6. The number of ether oxygens (including phenoxy) is 2. The Kier molecular flexibility index (Phi) is 5.42. The first-order valence-electron chi connectivity index (χ1n) is 11.3. The molecule has 0 saturated heterocycles. The lowest BCUT2D eigenvalue weighted by molar-refractivity contribution is 0.0606. The summed E-state index contributed by atoms with van der Waals surface area (Å²) in [5.74, 6) is 1.22. The van der Waals surface area contributed by atoms with Crippen molar-refractivity contribution < 1.29 is 14.3 Å². The topological polar surface area (TPSA) is 43.7 Å². The third-order valence-corrected chi connectivity index (χ3v) is 7.92. The molecule has 0 atom stereocenters. The van der Waals surface area contributed by atoms with E-state index in [-0.39, 0.29) is 5.97 Å². The number of aromatic nitrogens is 1. The van der Waals surface area contributed by atoms with Gasteiger partial charge in [-0.2, -0.15) is 0 Å². The van der Waals surface area contributed by atoms with Gasteiger partial charge in [-0.25, -0.2) is 4.79 Å². The molecule has 3 heterocycles. The van der Waals surface area contributed by atoms with Crippen molar-refractivity contribution in [3.8, 4) is 17.0 Å². The van der Waals surface area contributed by atoms with Gasteiger partial charge in [-0.3, -0.25) is 0 Å². The number of anilines is 1. The average molecular weight is 439 g/mol. The van der Waals surface area contributed by atoms with E-state index in [0.29, 0.717) is 17.4 Å². The predicted octanol–water partition coefficient (Wildman–Crippen LogP) is 6.05. The smallest absolute Gasteiger partial charge is 0.348 e. The lowest BCUT2D eigenvalue weighted by Gasteiger charge is -2.24. The minimum Gasteiger partial charge on any atom is -0.494 e. The zero-order valence-corrected chi connectivity index (χ0v) is 19.4. The van der Waals surface area contributed by atoms with Crippen LogP contribution < -0.4 is 9.64 Å². The first-order chi connectivity index (χ1) is 15.1. The summed E-state index contributed by atoms with van der Waals surface area (Å²) in [6.07, 6.45) is 6.33. The number of benzene rings is 1. The lowest BCUT2D eigenvalue weighted by Crippen LogP contribution is -2.20. The van der Waals surface area contributed by atoms with Crippen molar-refractivity contribution in [3.63, 3.8) is 0 Å². The molecule has 0 N–H and O–H groups in total. The third kappa shape index (κ3) is 3.41. The predicted molar refractivity (Wildman–Crippen MR) is 127 cm³/mol. The molecule has 0 bridgehead atoms. The molecule has 1 aliphatic heterocycles. The van der Waals surface area contributed by atoms with Crippen LogP contribution in [0, 0.1) is 0 Å². The molecular weight excluding hydrogens is 408 g/mol. The SMILES string of the molecule is CCOc1ccc2c(c1)N(C)CCn1c-2c(C2CCCCC2)c2sc(C(=O)OC)cc21. The van der Waals surface area contributed by atoms with Crippen LogP contribution in [0.15, 0.2) is 24.3 Å². The van der Waals surface area contributed by atoms with Gasteiger partial charge < -0.3 is 18.9 Å². The van der Waals surface area contributed by atoms with Crippen LogP contribution >= 0.6 is 11.3 Å². The lowest BCUT2D eigenvalue weighted by atomic mass is 9.83. The first-order valence-corrected chi connectivity index (χ1v) is 12.2. The van der Waals surface area contributed by atoms with Gasteiger partial charge in [-0.15, -0.1) is 11.3 Å². The summed E-state index contributed by atoms with van der Waals surface area (Å²) in [6, 6.07) is 8.55. The van der Waals surface area contributed by atoms with E-state index in [9.17, 15) is 4.79 Å². The van der Waals surface area contributed by atoms with Gasteiger partial charge in [0.15, 0.2) is 0 Å². The minimum atomic E-state index is -0.238. The Morgan fingerprint density at radius 3 is 2.71 bits per heavy atom. The summed E-state index contributed by atoms with van der Waals surface area (Å²) in [4.78, 5) is 15.3. The van der Waals surface area contributed by atoms with Crippen LogP contribution in [0.3, 0.4) is 0 Å².